The van der Waals surface area contributed by atoms with E-state index in [4.69, 9.17) is 47.4 Å². The van der Waals surface area contributed by atoms with Crippen molar-refractivity contribution in [1.29, 1.82) is 0 Å². The minimum absolute atomic E-state index is 0.504. The van der Waals surface area contributed by atoms with Crippen molar-refractivity contribution in [1.82, 2.24) is 0 Å². The summed E-state index contributed by atoms with van der Waals surface area (Å²) in [6, 6.07) is 20.6. The van der Waals surface area contributed by atoms with Gasteiger partial charge in [-0.2, -0.15) is 0 Å². The van der Waals surface area contributed by atoms with Gasteiger partial charge in [0.05, 0.1) is 70.6 Å². The van der Waals surface area contributed by atoms with Crippen molar-refractivity contribution >= 4 is 15.9 Å². The average Bonchev–Trinajstić information content (AvgIpc) is 3.33. The number of rotatable bonds is 20. The second-order valence-electron chi connectivity index (χ2n) is 16.4. The molecule has 350 valence electrons. The normalized spacial score (nSPS) is 12.2. The van der Waals surface area contributed by atoms with Gasteiger partial charge in [0.1, 0.15) is 57.5 Å². The molecule has 10 nitrogen and oxygen atoms in total. The van der Waals surface area contributed by atoms with Crippen LogP contribution in [0.25, 0.3) is 0 Å². The third-order valence-electron chi connectivity index (χ3n) is 12.4. The third kappa shape index (κ3) is 12.1. The van der Waals surface area contributed by atoms with E-state index in [-0.39, 0.29) is 0 Å². The van der Waals surface area contributed by atoms with Crippen molar-refractivity contribution in [3.05, 3.63) is 116 Å². The minimum Gasteiger partial charge on any atom is -0.496 e. The van der Waals surface area contributed by atoms with Gasteiger partial charge in [-0.05, 0) is 73.5 Å². The Morgan fingerprint density at radius 3 is 0.677 bits per heavy atom. The van der Waals surface area contributed by atoms with Crippen molar-refractivity contribution in [2.75, 3.05) is 75.9 Å². The smallest absolute Gasteiger partial charge is 0.123 e. The van der Waals surface area contributed by atoms with Crippen LogP contribution < -0.4 is 47.4 Å². The van der Waals surface area contributed by atoms with Gasteiger partial charge >= 0.3 is 0 Å². The molecule has 10 aliphatic carbocycles. The van der Waals surface area contributed by atoms with Crippen LogP contribution in [0, 0.1) is 0 Å². The predicted octanol–water partition coefficient (Wildman–Crippen LogP) is 11.9. The van der Waals surface area contributed by atoms with Crippen molar-refractivity contribution in [3.8, 4) is 57.5 Å². The van der Waals surface area contributed by atoms with E-state index in [0.29, 0.717) is 38.7 Å². The minimum atomic E-state index is 0.504. The molecular formula is C54H67BrO10. The Labute approximate surface area is 394 Å². The van der Waals surface area contributed by atoms with Gasteiger partial charge in [-0.1, -0.05) is 54.5 Å². The van der Waals surface area contributed by atoms with Crippen molar-refractivity contribution in [2.45, 2.75) is 83.5 Å². The summed E-state index contributed by atoms with van der Waals surface area (Å²) in [4.78, 5) is 0. The molecule has 0 spiro atoms. The second-order valence-corrected chi connectivity index (χ2v) is 17.2. The lowest BCUT2D eigenvalue weighted by Crippen LogP contribution is -2.06. The SMILES string of the molecule is COc1cc2c(OC)cc1Cc1cc(OC)c(cc1OC)Cc1cc(OC)c(cc1OC)Cc1cc(OC)c(cc1OCCCCCCCCCCBr)Cc1cc(OC)c(cc1OC)C2. The van der Waals surface area contributed by atoms with Crippen molar-refractivity contribution < 1.29 is 47.4 Å². The molecule has 5 aromatic carbocycles. The largest absolute Gasteiger partial charge is 0.496 e. The van der Waals surface area contributed by atoms with Crippen LogP contribution in [-0.2, 0) is 32.1 Å². The zero-order chi connectivity index (χ0) is 46.3. The summed E-state index contributed by atoms with van der Waals surface area (Å²) < 4.78 is 61.4. The van der Waals surface area contributed by atoms with Gasteiger partial charge in [-0.25, -0.2) is 0 Å². The number of ether oxygens (including phenoxy) is 10. The summed E-state index contributed by atoms with van der Waals surface area (Å²) in [7, 11) is 15.3. The molecule has 0 aromatic heterocycles. The molecule has 10 bridgehead atoms. The first-order chi connectivity index (χ1) is 31.7. The molecule has 0 unspecified atom stereocenters. The molecular weight excluding hydrogens is 888 g/mol. The zero-order valence-electron chi connectivity index (χ0n) is 39.8. The molecule has 15 rings (SSSR count). The van der Waals surface area contributed by atoms with E-state index < -0.39 is 0 Å². The maximum Gasteiger partial charge on any atom is 0.123 e. The van der Waals surface area contributed by atoms with E-state index in [1.807, 2.05) is 24.3 Å². The molecule has 65 heavy (non-hydrogen) atoms. The Morgan fingerprint density at radius 2 is 0.462 bits per heavy atom. The van der Waals surface area contributed by atoms with E-state index in [0.717, 1.165) is 131 Å². The van der Waals surface area contributed by atoms with Crippen molar-refractivity contribution in [3.63, 3.8) is 0 Å². The first-order valence-corrected chi connectivity index (χ1v) is 23.7. The number of alkyl halides is 1. The number of hydrogen-bond donors (Lipinski definition) is 0. The van der Waals surface area contributed by atoms with Gasteiger partial charge < -0.3 is 47.4 Å². The summed E-state index contributed by atoms with van der Waals surface area (Å²) >= 11 is 3.55. The van der Waals surface area contributed by atoms with Gasteiger partial charge in [-0.3, -0.25) is 0 Å². The number of benzene rings is 5. The Hall–Kier alpha value is -5.42. The molecule has 0 saturated heterocycles. The Balaban J connectivity index is 1.49. The lowest BCUT2D eigenvalue weighted by Gasteiger charge is -2.20. The van der Waals surface area contributed by atoms with Gasteiger partial charge in [0.25, 0.3) is 0 Å². The molecule has 0 atom stereocenters. The average molecular weight is 956 g/mol. The van der Waals surface area contributed by atoms with Crippen LogP contribution in [0.1, 0.15) is 107 Å². The summed E-state index contributed by atoms with van der Waals surface area (Å²) in [6.45, 7) is 0.604. The highest BCUT2D eigenvalue weighted by atomic mass is 79.9. The van der Waals surface area contributed by atoms with E-state index in [1.165, 1.54) is 38.5 Å². The van der Waals surface area contributed by atoms with Gasteiger partial charge in [0, 0.05) is 93.1 Å². The van der Waals surface area contributed by atoms with Crippen LogP contribution in [0.3, 0.4) is 0 Å². The molecule has 5 aromatic rings. The van der Waals surface area contributed by atoms with E-state index >= 15 is 0 Å². The number of halogens is 1. The fourth-order valence-electron chi connectivity index (χ4n) is 8.91. The Bertz CT molecular complexity index is 2350. The molecule has 0 fully saturated rings. The number of hydrogen-bond acceptors (Lipinski definition) is 10. The molecule has 0 aliphatic heterocycles. The molecule has 11 heteroatoms. The lowest BCUT2D eigenvalue weighted by molar-refractivity contribution is 0.300. The first-order valence-electron chi connectivity index (χ1n) is 22.6. The van der Waals surface area contributed by atoms with Gasteiger partial charge in [-0.15, -0.1) is 0 Å². The molecule has 0 heterocycles. The van der Waals surface area contributed by atoms with Crippen LogP contribution >= 0.6 is 15.9 Å². The maximum atomic E-state index is 6.73. The topological polar surface area (TPSA) is 92.3 Å². The quantitative estimate of drug-likeness (QED) is 0.0544. The fraction of sp³-hybridized carbons (Fsp3) is 0.444. The first kappa shape index (κ1) is 49.0. The summed E-state index contributed by atoms with van der Waals surface area (Å²) in [6.07, 6.45) is 12.2. The Morgan fingerprint density at radius 1 is 0.277 bits per heavy atom. The highest BCUT2D eigenvalue weighted by Gasteiger charge is 2.23. The molecule has 0 amide bonds. The molecule has 0 N–H and O–H groups in total. The number of unbranched alkanes of at least 4 members (excludes halogenated alkanes) is 7. The highest BCUT2D eigenvalue weighted by Crippen LogP contribution is 2.42. The standard InChI is InChI=1S/C54H67BrO10/c1-56-45-27-37-21-39-29-50(61-6)41(31-49(39)60-5)23-43-34-54(65-19-17-15-13-11-10-12-14-16-18-55)44(33-53(43)64-9)24-42-32-51(62-7)40(30-52(42)63-8)22-38-28-47(58-3)36(26-48(38)59-4)20-35(45)25-46(37)57-2/h25-34H,10-24H2,1-9H3. The molecule has 0 saturated carbocycles. The predicted molar refractivity (Wildman–Crippen MR) is 261 cm³/mol. The van der Waals surface area contributed by atoms with Gasteiger partial charge in [0.15, 0.2) is 0 Å². The second kappa shape index (κ2) is 24.2. The highest BCUT2D eigenvalue weighted by molar-refractivity contribution is 9.09. The maximum absolute atomic E-state index is 6.73. The van der Waals surface area contributed by atoms with Crippen LogP contribution in [0.2, 0.25) is 0 Å². The third-order valence-corrected chi connectivity index (χ3v) is 12.9. The molecule has 10 aliphatic rings. The zero-order valence-corrected chi connectivity index (χ0v) is 41.4. The Kier molecular flexibility index (Phi) is 18.3. The van der Waals surface area contributed by atoms with Crippen LogP contribution in [0.5, 0.6) is 57.5 Å². The summed E-state index contributed by atoms with van der Waals surface area (Å²) in [5, 5.41) is 1.08. The molecule has 0 radical (unpaired) electrons. The number of methoxy groups -OCH3 is 9. The van der Waals surface area contributed by atoms with E-state index in [2.05, 4.69) is 52.3 Å². The van der Waals surface area contributed by atoms with E-state index in [9.17, 15) is 0 Å². The van der Waals surface area contributed by atoms with E-state index in [1.54, 1.807) is 64.0 Å². The summed E-state index contributed by atoms with van der Waals surface area (Å²) in [5.41, 5.74) is 9.47. The van der Waals surface area contributed by atoms with Gasteiger partial charge in [0.2, 0.25) is 0 Å². The van der Waals surface area contributed by atoms with Crippen LogP contribution in [0.15, 0.2) is 60.7 Å². The fourth-order valence-corrected chi connectivity index (χ4v) is 9.31. The lowest BCUT2D eigenvalue weighted by atomic mass is 9.94. The van der Waals surface area contributed by atoms with Crippen LogP contribution in [0.4, 0.5) is 0 Å². The summed E-state index contributed by atoms with van der Waals surface area (Å²) in [5.74, 6) is 7.37. The van der Waals surface area contributed by atoms with Crippen molar-refractivity contribution in [2.24, 2.45) is 0 Å². The van der Waals surface area contributed by atoms with Crippen LogP contribution in [-0.4, -0.2) is 75.9 Å². The monoisotopic (exact) mass is 954 g/mol.